The molecule has 1 N–H and O–H groups in total. The molecule has 2 rings (SSSR count). The highest BCUT2D eigenvalue weighted by atomic mass is 32.2. The van der Waals surface area contributed by atoms with Crippen LogP contribution in [0.15, 0.2) is 53.4 Å². The molecule has 0 heterocycles. The molecule has 134 valence electrons. The molecule has 0 radical (unpaired) electrons. The monoisotopic (exact) mass is 364 g/mol. The van der Waals surface area contributed by atoms with Crippen LogP contribution in [0.4, 0.5) is 4.39 Å². The topological polar surface area (TPSA) is 66.5 Å². The predicted octanol–water partition coefficient (Wildman–Crippen LogP) is 2.79. The average Bonchev–Trinajstić information content (AvgIpc) is 2.62. The molecule has 0 aliphatic rings. The van der Waals surface area contributed by atoms with Gasteiger partial charge in [0.1, 0.15) is 5.82 Å². The molecule has 25 heavy (non-hydrogen) atoms. The molecule has 0 atom stereocenters. The van der Waals surface area contributed by atoms with E-state index in [1.807, 2.05) is 0 Å². The van der Waals surface area contributed by atoms with Gasteiger partial charge in [0.25, 0.3) is 5.91 Å². The Morgan fingerprint density at radius 3 is 2.08 bits per heavy atom. The first-order chi connectivity index (χ1) is 11.9. The van der Waals surface area contributed by atoms with Crippen LogP contribution in [0.5, 0.6) is 0 Å². The zero-order valence-corrected chi connectivity index (χ0v) is 15.0. The third-order valence-electron chi connectivity index (χ3n) is 3.83. The van der Waals surface area contributed by atoms with Crippen LogP contribution in [0.25, 0.3) is 0 Å². The number of carbonyl (C=O) groups is 1. The summed E-state index contributed by atoms with van der Waals surface area (Å²) in [5, 5.41) is 2.72. The quantitative estimate of drug-likeness (QED) is 0.821. The van der Waals surface area contributed by atoms with Crippen LogP contribution in [0.2, 0.25) is 0 Å². The zero-order valence-electron chi connectivity index (χ0n) is 14.2. The van der Waals surface area contributed by atoms with Crippen molar-refractivity contribution in [3.63, 3.8) is 0 Å². The summed E-state index contributed by atoms with van der Waals surface area (Å²) in [4.78, 5) is 12.3. The van der Waals surface area contributed by atoms with E-state index in [1.54, 1.807) is 26.0 Å². The van der Waals surface area contributed by atoms with Crippen LogP contribution in [0, 0.1) is 5.82 Å². The van der Waals surface area contributed by atoms with Gasteiger partial charge in [-0.25, -0.2) is 12.8 Å². The number of nitrogens with one attached hydrogen (secondary N) is 1. The summed E-state index contributed by atoms with van der Waals surface area (Å²) in [7, 11) is -3.54. The lowest BCUT2D eigenvalue weighted by molar-refractivity contribution is 0.0951. The van der Waals surface area contributed by atoms with Crippen molar-refractivity contribution in [1.29, 1.82) is 0 Å². The fraction of sp³-hybridized carbons (Fsp3) is 0.278. The first-order valence-corrected chi connectivity index (χ1v) is 9.45. The zero-order chi connectivity index (χ0) is 18.4. The van der Waals surface area contributed by atoms with Crippen LogP contribution in [-0.4, -0.2) is 31.7 Å². The van der Waals surface area contributed by atoms with Crippen LogP contribution < -0.4 is 5.32 Å². The number of amides is 1. The van der Waals surface area contributed by atoms with Gasteiger partial charge in [0, 0.05) is 25.2 Å². The van der Waals surface area contributed by atoms with Crippen LogP contribution in [0.3, 0.4) is 0 Å². The lowest BCUT2D eigenvalue weighted by Crippen LogP contribution is -2.30. The summed E-state index contributed by atoms with van der Waals surface area (Å²) in [6.45, 7) is 4.59. The standard InChI is InChI=1S/C18H21FN2O3S/c1-3-21(4-2)25(23,24)17-11-7-15(8-12-17)18(22)20-13-14-5-9-16(19)10-6-14/h5-12H,3-4,13H2,1-2H3,(H,20,22). The smallest absolute Gasteiger partial charge is 0.251 e. The van der Waals surface area contributed by atoms with Gasteiger partial charge < -0.3 is 5.32 Å². The summed E-state index contributed by atoms with van der Waals surface area (Å²) in [6.07, 6.45) is 0. The molecule has 0 aliphatic heterocycles. The van der Waals surface area contributed by atoms with E-state index in [0.29, 0.717) is 18.7 Å². The van der Waals surface area contributed by atoms with E-state index in [0.717, 1.165) is 5.56 Å². The molecule has 5 nitrogen and oxygen atoms in total. The lowest BCUT2D eigenvalue weighted by atomic mass is 10.2. The molecular weight excluding hydrogens is 343 g/mol. The Morgan fingerprint density at radius 2 is 1.56 bits per heavy atom. The Balaban J connectivity index is 2.06. The SMILES string of the molecule is CCN(CC)S(=O)(=O)c1ccc(C(=O)NCc2ccc(F)cc2)cc1. The number of halogens is 1. The van der Waals surface area contributed by atoms with Crippen molar-refractivity contribution in [1.82, 2.24) is 9.62 Å². The Labute approximate surface area is 147 Å². The first-order valence-electron chi connectivity index (χ1n) is 8.01. The normalized spacial score (nSPS) is 11.5. The molecule has 0 saturated heterocycles. The van der Waals surface area contributed by atoms with Crippen LogP contribution >= 0.6 is 0 Å². The van der Waals surface area contributed by atoms with Gasteiger partial charge in [-0.15, -0.1) is 0 Å². The van der Waals surface area contributed by atoms with E-state index in [-0.39, 0.29) is 23.2 Å². The van der Waals surface area contributed by atoms with Gasteiger partial charge in [0.2, 0.25) is 10.0 Å². The summed E-state index contributed by atoms with van der Waals surface area (Å²) < 4.78 is 39.0. The summed E-state index contributed by atoms with van der Waals surface area (Å²) in [5.74, 6) is -0.656. The van der Waals surface area contributed by atoms with Crippen molar-refractivity contribution in [2.75, 3.05) is 13.1 Å². The minimum absolute atomic E-state index is 0.159. The molecule has 0 saturated carbocycles. The first kappa shape index (κ1) is 19.1. The van der Waals surface area contributed by atoms with E-state index in [1.165, 1.54) is 40.7 Å². The predicted molar refractivity (Wildman–Crippen MR) is 94.1 cm³/mol. The molecule has 0 aromatic heterocycles. The number of sulfonamides is 1. The molecule has 2 aromatic carbocycles. The maximum atomic E-state index is 12.9. The molecule has 0 aliphatic carbocycles. The van der Waals surface area contributed by atoms with Gasteiger partial charge in [0.15, 0.2) is 0 Å². The van der Waals surface area contributed by atoms with Gasteiger partial charge in [-0.05, 0) is 42.0 Å². The number of carbonyl (C=O) groups excluding carboxylic acids is 1. The molecule has 1 amide bonds. The fourth-order valence-electron chi connectivity index (χ4n) is 2.38. The number of benzene rings is 2. The second-order valence-corrected chi connectivity index (χ2v) is 7.36. The summed E-state index contributed by atoms with van der Waals surface area (Å²) in [5.41, 5.74) is 1.14. The summed E-state index contributed by atoms with van der Waals surface area (Å²) >= 11 is 0. The van der Waals surface area contributed by atoms with Crippen molar-refractivity contribution in [3.05, 3.63) is 65.5 Å². The van der Waals surface area contributed by atoms with Crippen LogP contribution in [0.1, 0.15) is 29.8 Å². The van der Waals surface area contributed by atoms with Crippen molar-refractivity contribution in [2.45, 2.75) is 25.3 Å². The molecule has 0 unspecified atom stereocenters. The lowest BCUT2D eigenvalue weighted by Gasteiger charge is -2.18. The molecule has 7 heteroatoms. The average molecular weight is 364 g/mol. The van der Waals surface area contributed by atoms with E-state index in [4.69, 9.17) is 0 Å². The second-order valence-electron chi connectivity index (χ2n) is 5.42. The minimum atomic E-state index is -3.54. The maximum absolute atomic E-state index is 12.9. The Morgan fingerprint density at radius 1 is 1.00 bits per heavy atom. The van der Waals surface area contributed by atoms with Gasteiger partial charge in [-0.3, -0.25) is 4.79 Å². The second kappa shape index (κ2) is 8.22. The van der Waals surface area contributed by atoms with Crippen molar-refractivity contribution in [3.8, 4) is 0 Å². The van der Waals surface area contributed by atoms with E-state index in [2.05, 4.69) is 5.32 Å². The van der Waals surface area contributed by atoms with Gasteiger partial charge in [0.05, 0.1) is 4.90 Å². The van der Waals surface area contributed by atoms with E-state index >= 15 is 0 Å². The van der Waals surface area contributed by atoms with Crippen molar-refractivity contribution >= 4 is 15.9 Å². The highest BCUT2D eigenvalue weighted by Gasteiger charge is 2.21. The molecule has 0 spiro atoms. The van der Waals surface area contributed by atoms with Crippen molar-refractivity contribution < 1.29 is 17.6 Å². The Bertz CT molecular complexity index is 814. The highest BCUT2D eigenvalue weighted by Crippen LogP contribution is 2.16. The van der Waals surface area contributed by atoms with Crippen LogP contribution in [-0.2, 0) is 16.6 Å². The minimum Gasteiger partial charge on any atom is -0.348 e. The number of hydrogen-bond acceptors (Lipinski definition) is 3. The Hall–Kier alpha value is -2.25. The maximum Gasteiger partial charge on any atom is 0.251 e. The highest BCUT2D eigenvalue weighted by molar-refractivity contribution is 7.89. The Kier molecular flexibility index (Phi) is 6.27. The van der Waals surface area contributed by atoms with Gasteiger partial charge in [-0.2, -0.15) is 4.31 Å². The van der Waals surface area contributed by atoms with Gasteiger partial charge in [-0.1, -0.05) is 26.0 Å². The van der Waals surface area contributed by atoms with Crippen molar-refractivity contribution in [2.24, 2.45) is 0 Å². The van der Waals surface area contributed by atoms with E-state index in [9.17, 15) is 17.6 Å². The third kappa shape index (κ3) is 4.64. The molecular formula is C18H21FN2O3S. The number of hydrogen-bond donors (Lipinski definition) is 1. The molecule has 0 fully saturated rings. The number of rotatable bonds is 7. The molecule has 2 aromatic rings. The molecule has 0 bridgehead atoms. The fourth-order valence-corrected chi connectivity index (χ4v) is 3.84. The van der Waals surface area contributed by atoms with E-state index < -0.39 is 10.0 Å². The number of nitrogens with zero attached hydrogens (tertiary/aromatic N) is 1. The summed E-state index contributed by atoms with van der Waals surface area (Å²) in [6, 6.07) is 11.7. The van der Waals surface area contributed by atoms with Gasteiger partial charge >= 0.3 is 0 Å². The largest absolute Gasteiger partial charge is 0.348 e. The third-order valence-corrected chi connectivity index (χ3v) is 5.89.